The number of fused-ring (bicyclic) bond motifs is 1. The molecule has 0 atom stereocenters. The van der Waals surface area contributed by atoms with Crippen molar-refractivity contribution in [3.05, 3.63) is 65.6 Å². The summed E-state index contributed by atoms with van der Waals surface area (Å²) in [6, 6.07) is 14.0. The number of benzene rings is 1. The lowest BCUT2D eigenvalue weighted by molar-refractivity contribution is 0.102. The minimum atomic E-state index is -0.295. The third-order valence-corrected chi connectivity index (χ3v) is 5.29. The van der Waals surface area contributed by atoms with E-state index in [1.54, 1.807) is 6.20 Å². The molecule has 1 N–H and O–H groups in total. The van der Waals surface area contributed by atoms with E-state index in [0.29, 0.717) is 16.7 Å². The molecular formula is C20H19N5OS. The standard InChI is InChI=1S/C20H19N5OS/c1-12(2)14-7-9-15(10-8-14)19-23-24-20(27-19)22-18(26)16-11-25-13(3)5-4-6-17(25)21-16/h4-12H,1-3H3,(H,22,24,26). The molecule has 1 aromatic carbocycles. The maximum atomic E-state index is 12.5. The predicted molar refractivity (Wildman–Crippen MR) is 107 cm³/mol. The van der Waals surface area contributed by atoms with E-state index in [4.69, 9.17) is 0 Å². The minimum Gasteiger partial charge on any atom is -0.304 e. The predicted octanol–water partition coefficient (Wildman–Crippen LogP) is 4.54. The molecule has 0 fully saturated rings. The molecule has 0 saturated heterocycles. The molecule has 0 spiro atoms. The number of aromatic nitrogens is 4. The molecule has 6 nitrogen and oxygen atoms in total. The number of hydrogen-bond donors (Lipinski definition) is 1. The zero-order valence-corrected chi connectivity index (χ0v) is 16.1. The minimum absolute atomic E-state index is 0.295. The molecule has 27 heavy (non-hydrogen) atoms. The van der Waals surface area contributed by atoms with Crippen LogP contribution in [0.15, 0.2) is 48.7 Å². The number of imidazole rings is 1. The van der Waals surface area contributed by atoms with Crippen LogP contribution in [0.5, 0.6) is 0 Å². The Labute approximate surface area is 160 Å². The van der Waals surface area contributed by atoms with Crippen LogP contribution in [0.4, 0.5) is 5.13 Å². The summed E-state index contributed by atoms with van der Waals surface area (Å²) in [5.41, 5.74) is 4.37. The normalized spacial score (nSPS) is 11.3. The number of carbonyl (C=O) groups excluding carboxylic acids is 1. The molecule has 0 aliphatic rings. The fourth-order valence-corrected chi connectivity index (χ4v) is 3.56. The van der Waals surface area contributed by atoms with Crippen LogP contribution in [-0.4, -0.2) is 25.5 Å². The van der Waals surface area contributed by atoms with Gasteiger partial charge in [0.05, 0.1) is 0 Å². The fraction of sp³-hybridized carbons (Fsp3) is 0.200. The van der Waals surface area contributed by atoms with Gasteiger partial charge in [-0.2, -0.15) is 0 Å². The van der Waals surface area contributed by atoms with E-state index in [-0.39, 0.29) is 5.91 Å². The molecule has 0 aliphatic heterocycles. The van der Waals surface area contributed by atoms with Gasteiger partial charge >= 0.3 is 0 Å². The van der Waals surface area contributed by atoms with Crippen molar-refractivity contribution < 1.29 is 4.79 Å². The van der Waals surface area contributed by atoms with E-state index in [1.807, 2.05) is 41.7 Å². The summed E-state index contributed by atoms with van der Waals surface area (Å²) in [6.07, 6.45) is 1.73. The van der Waals surface area contributed by atoms with Crippen LogP contribution in [0.1, 0.15) is 41.5 Å². The number of nitrogens with one attached hydrogen (secondary N) is 1. The smallest absolute Gasteiger partial charge is 0.277 e. The zero-order chi connectivity index (χ0) is 19.0. The largest absolute Gasteiger partial charge is 0.304 e. The maximum Gasteiger partial charge on any atom is 0.277 e. The van der Waals surface area contributed by atoms with Gasteiger partial charge in [-0.1, -0.05) is 55.5 Å². The highest BCUT2D eigenvalue weighted by atomic mass is 32.1. The summed E-state index contributed by atoms with van der Waals surface area (Å²) in [4.78, 5) is 16.9. The topological polar surface area (TPSA) is 72.2 Å². The Balaban J connectivity index is 1.53. The van der Waals surface area contributed by atoms with Gasteiger partial charge in [-0.15, -0.1) is 10.2 Å². The van der Waals surface area contributed by atoms with Gasteiger partial charge < -0.3 is 4.40 Å². The molecule has 4 rings (SSSR count). The van der Waals surface area contributed by atoms with Crippen molar-refractivity contribution in [1.29, 1.82) is 0 Å². The van der Waals surface area contributed by atoms with Crippen LogP contribution in [0.2, 0.25) is 0 Å². The molecule has 4 aromatic rings. The van der Waals surface area contributed by atoms with Gasteiger partial charge in [0.1, 0.15) is 16.3 Å². The third-order valence-electron chi connectivity index (χ3n) is 4.40. The van der Waals surface area contributed by atoms with Crippen molar-refractivity contribution >= 4 is 28.0 Å². The molecule has 0 saturated carbocycles. The first-order valence-corrected chi connectivity index (χ1v) is 9.53. The zero-order valence-electron chi connectivity index (χ0n) is 15.3. The van der Waals surface area contributed by atoms with E-state index < -0.39 is 0 Å². The Bertz CT molecular complexity index is 1110. The van der Waals surface area contributed by atoms with Gasteiger partial charge in [0.15, 0.2) is 0 Å². The summed E-state index contributed by atoms with van der Waals surface area (Å²) in [7, 11) is 0. The summed E-state index contributed by atoms with van der Waals surface area (Å²) in [5, 5.41) is 12.3. The average Bonchev–Trinajstić information content (AvgIpc) is 3.29. The fourth-order valence-electron chi connectivity index (χ4n) is 2.82. The Kier molecular flexibility index (Phi) is 4.45. The second-order valence-corrected chi connectivity index (χ2v) is 7.64. The number of carbonyl (C=O) groups is 1. The van der Waals surface area contributed by atoms with E-state index in [2.05, 4.69) is 46.5 Å². The number of rotatable bonds is 4. The van der Waals surface area contributed by atoms with Gasteiger partial charge in [-0.05, 0) is 30.5 Å². The number of hydrogen-bond acceptors (Lipinski definition) is 5. The second kappa shape index (κ2) is 6.92. The highest BCUT2D eigenvalue weighted by molar-refractivity contribution is 7.18. The van der Waals surface area contributed by atoms with E-state index in [1.165, 1.54) is 16.9 Å². The molecule has 3 aromatic heterocycles. The van der Waals surface area contributed by atoms with Gasteiger partial charge in [-0.3, -0.25) is 10.1 Å². The Morgan fingerprint density at radius 3 is 2.59 bits per heavy atom. The van der Waals surface area contributed by atoms with Crippen LogP contribution in [0.25, 0.3) is 16.2 Å². The van der Waals surface area contributed by atoms with Crippen molar-refractivity contribution in [3.63, 3.8) is 0 Å². The SMILES string of the molecule is Cc1cccc2nc(C(=O)Nc3nnc(-c4ccc(C(C)C)cc4)s3)cn12. The highest BCUT2D eigenvalue weighted by Crippen LogP contribution is 2.28. The molecule has 0 radical (unpaired) electrons. The molecule has 136 valence electrons. The van der Waals surface area contributed by atoms with Crippen LogP contribution in [0, 0.1) is 6.92 Å². The van der Waals surface area contributed by atoms with Crippen molar-refractivity contribution in [2.45, 2.75) is 26.7 Å². The third kappa shape index (κ3) is 3.46. The lowest BCUT2D eigenvalue weighted by Crippen LogP contribution is -2.12. The molecular weight excluding hydrogens is 358 g/mol. The van der Waals surface area contributed by atoms with E-state index in [0.717, 1.165) is 21.9 Å². The van der Waals surface area contributed by atoms with Crippen molar-refractivity contribution in [1.82, 2.24) is 19.6 Å². The number of amides is 1. The van der Waals surface area contributed by atoms with Crippen molar-refractivity contribution in [3.8, 4) is 10.6 Å². The van der Waals surface area contributed by atoms with Crippen LogP contribution < -0.4 is 5.32 Å². The lowest BCUT2D eigenvalue weighted by atomic mass is 10.0. The monoisotopic (exact) mass is 377 g/mol. The Morgan fingerprint density at radius 2 is 1.89 bits per heavy atom. The maximum absolute atomic E-state index is 12.5. The molecule has 1 amide bonds. The molecule has 7 heteroatoms. The van der Waals surface area contributed by atoms with E-state index >= 15 is 0 Å². The average molecular weight is 377 g/mol. The number of pyridine rings is 1. The molecule has 0 aliphatic carbocycles. The first kappa shape index (κ1) is 17.4. The summed E-state index contributed by atoms with van der Waals surface area (Å²) < 4.78 is 1.89. The lowest BCUT2D eigenvalue weighted by Gasteiger charge is -2.04. The molecule has 0 bridgehead atoms. The number of nitrogens with zero attached hydrogens (tertiary/aromatic N) is 4. The van der Waals surface area contributed by atoms with Gasteiger partial charge in [-0.25, -0.2) is 4.98 Å². The van der Waals surface area contributed by atoms with Gasteiger partial charge in [0.25, 0.3) is 5.91 Å². The Hall–Kier alpha value is -3.06. The van der Waals surface area contributed by atoms with E-state index in [9.17, 15) is 4.79 Å². The number of anilines is 1. The number of aryl methyl sites for hydroxylation is 1. The van der Waals surface area contributed by atoms with Crippen LogP contribution in [-0.2, 0) is 0 Å². The quantitative estimate of drug-likeness (QED) is 0.567. The molecule has 0 unspecified atom stereocenters. The first-order valence-electron chi connectivity index (χ1n) is 8.71. The van der Waals surface area contributed by atoms with Crippen LogP contribution in [0.3, 0.4) is 0 Å². The summed E-state index contributed by atoms with van der Waals surface area (Å²) in [5.74, 6) is 0.188. The second-order valence-electron chi connectivity index (χ2n) is 6.66. The van der Waals surface area contributed by atoms with Crippen LogP contribution >= 0.6 is 11.3 Å². The van der Waals surface area contributed by atoms with Crippen molar-refractivity contribution in [2.24, 2.45) is 0 Å². The Morgan fingerprint density at radius 1 is 1.11 bits per heavy atom. The van der Waals surface area contributed by atoms with Gasteiger partial charge in [0.2, 0.25) is 5.13 Å². The molecule has 3 heterocycles. The van der Waals surface area contributed by atoms with Crippen molar-refractivity contribution in [2.75, 3.05) is 5.32 Å². The first-order chi connectivity index (χ1) is 13.0. The summed E-state index contributed by atoms with van der Waals surface area (Å²) >= 11 is 1.34. The summed E-state index contributed by atoms with van der Waals surface area (Å²) in [6.45, 7) is 6.29. The van der Waals surface area contributed by atoms with Gasteiger partial charge in [0, 0.05) is 17.5 Å². The highest BCUT2D eigenvalue weighted by Gasteiger charge is 2.15.